The Balaban J connectivity index is 2.26. The molecule has 5 nitrogen and oxygen atoms in total. The molecule has 0 bridgehead atoms. The van der Waals surface area contributed by atoms with Crippen LogP contribution in [0.4, 0.5) is 14.5 Å². The molecule has 0 saturated carbocycles. The molecule has 0 aliphatic rings. The standard InChI is InChI=1S/C13H13F2N3O2/c1-7(8-5-16-17-6-8)18-10-4-3-9(13(19)20-2)11(14)12(10)15/h3-7,18H,1-2H3,(H,16,17). The minimum absolute atomic E-state index is 0.0381. The fourth-order valence-corrected chi connectivity index (χ4v) is 1.74. The van der Waals surface area contributed by atoms with Gasteiger partial charge in [0.2, 0.25) is 0 Å². The molecule has 0 aliphatic carbocycles. The van der Waals surface area contributed by atoms with Crippen LogP contribution in [-0.4, -0.2) is 23.3 Å². The summed E-state index contributed by atoms with van der Waals surface area (Å²) in [5.41, 5.74) is 0.317. The molecule has 106 valence electrons. The molecule has 0 aliphatic heterocycles. The van der Waals surface area contributed by atoms with E-state index >= 15 is 0 Å². The van der Waals surface area contributed by atoms with E-state index in [4.69, 9.17) is 0 Å². The number of carbonyl (C=O) groups excluding carboxylic acids is 1. The van der Waals surface area contributed by atoms with Gasteiger partial charge in [0.05, 0.1) is 30.6 Å². The first-order chi connectivity index (χ1) is 9.54. The van der Waals surface area contributed by atoms with Crippen molar-refractivity contribution in [3.8, 4) is 0 Å². The number of carbonyl (C=O) groups is 1. The van der Waals surface area contributed by atoms with Gasteiger partial charge in [-0.05, 0) is 19.1 Å². The Labute approximate surface area is 114 Å². The molecule has 1 aromatic heterocycles. The summed E-state index contributed by atoms with van der Waals surface area (Å²) in [4.78, 5) is 11.2. The van der Waals surface area contributed by atoms with Gasteiger partial charge in [0.25, 0.3) is 0 Å². The van der Waals surface area contributed by atoms with Gasteiger partial charge in [-0.25, -0.2) is 13.6 Å². The van der Waals surface area contributed by atoms with Crippen molar-refractivity contribution in [3.63, 3.8) is 0 Å². The Morgan fingerprint density at radius 1 is 1.40 bits per heavy atom. The summed E-state index contributed by atoms with van der Waals surface area (Å²) in [5, 5.41) is 9.22. The minimum Gasteiger partial charge on any atom is -0.465 e. The SMILES string of the molecule is COC(=O)c1ccc(NC(C)c2cn[nH]c2)c(F)c1F. The highest BCUT2D eigenvalue weighted by atomic mass is 19.2. The van der Waals surface area contributed by atoms with Crippen LogP contribution >= 0.6 is 0 Å². The highest BCUT2D eigenvalue weighted by molar-refractivity contribution is 5.90. The van der Waals surface area contributed by atoms with E-state index in [0.29, 0.717) is 0 Å². The molecule has 7 heteroatoms. The number of aromatic amines is 1. The Morgan fingerprint density at radius 2 is 2.15 bits per heavy atom. The van der Waals surface area contributed by atoms with Crippen LogP contribution in [0.25, 0.3) is 0 Å². The summed E-state index contributed by atoms with van der Waals surface area (Å²) in [7, 11) is 1.10. The molecule has 0 spiro atoms. The van der Waals surface area contributed by atoms with Crippen molar-refractivity contribution in [1.29, 1.82) is 0 Å². The molecule has 1 aromatic carbocycles. The fraction of sp³-hybridized carbons (Fsp3) is 0.231. The van der Waals surface area contributed by atoms with Crippen LogP contribution in [0.3, 0.4) is 0 Å². The molecule has 0 fully saturated rings. The largest absolute Gasteiger partial charge is 0.465 e. The van der Waals surface area contributed by atoms with Crippen LogP contribution in [0.1, 0.15) is 28.9 Å². The monoisotopic (exact) mass is 281 g/mol. The second-order valence-corrected chi connectivity index (χ2v) is 4.18. The van der Waals surface area contributed by atoms with E-state index in [1.807, 2.05) is 0 Å². The van der Waals surface area contributed by atoms with Crippen LogP contribution in [0, 0.1) is 11.6 Å². The summed E-state index contributed by atoms with van der Waals surface area (Å²) in [6.07, 6.45) is 3.23. The predicted molar refractivity (Wildman–Crippen MR) is 68.3 cm³/mol. The maximum atomic E-state index is 13.9. The number of aromatic nitrogens is 2. The van der Waals surface area contributed by atoms with Gasteiger partial charge < -0.3 is 10.1 Å². The number of methoxy groups -OCH3 is 1. The summed E-state index contributed by atoms with van der Waals surface area (Å²) in [5.74, 6) is -3.28. The number of H-pyrrole nitrogens is 1. The van der Waals surface area contributed by atoms with Crippen LogP contribution < -0.4 is 5.32 Å². The number of rotatable bonds is 4. The molecule has 1 atom stereocenters. The van der Waals surface area contributed by atoms with E-state index in [-0.39, 0.29) is 11.7 Å². The molecular weight excluding hydrogens is 268 g/mol. The first-order valence-corrected chi connectivity index (χ1v) is 5.86. The Bertz CT molecular complexity index is 614. The van der Waals surface area contributed by atoms with Gasteiger partial charge >= 0.3 is 5.97 Å². The van der Waals surface area contributed by atoms with Crippen LogP contribution in [0.15, 0.2) is 24.5 Å². The average Bonchev–Trinajstić information content (AvgIpc) is 2.97. The summed E-state index contributed by atoms with van der Waals surface area (Å²) >= 11 is 0. The first kappa shape index (κ1) is 14.0. The van der Waals surface area contributed by atoms with E-state index in [9.17, 15) is 13.6 Å². The van der Waals surface area contributed by atoms with Crippen molar-refractivity contribution < 1.29 is 18.3 Å². The van der Waals surface area contributed by atoms with E-state index in [1.165, 1.54) is 12.1 Å². The quantitative estimate of drug-likeness (QED) is 0.845. The topological polar surface area (TPSA) is 67.0 Å². The number of halogens is 2. The number of esters is 1. The lowest BCUT2D eigenvalue weighted by Crippen LogP contribution is -2.11. The summed E-state index contributed by atoms with van der Waals surface area (Å²) < 4.78 is 32.0. The average molecular weight is 281 g/mol. The molecular formula is C13H13F2N3O2. The predicted octanol–water partition coefficient (Wildman–Crippen LogP) is 2.65. The number of hydrogen-bond acceptors (Lipinski definition) is 4. The number of hydrogen-bond donors (Lipinski definition) is 2. The molecule has 1 unspecified atom stereocenters. The molecule has 20 heavy (non-hydrogen) atoms. The van der Waals surface area contributed by atoms with Crippen molar-refractivity contribution in [2.24, 2.45) is 0 Å². The lowest BCUT2D eigenvalue weighted by molar-refractivity contribution is 0.0594. The molecule has 0 amide bonds. The minimum atomic E-state index is -1.23. The Morgan fingerprint density at radius 3 is 2.75 bits per heavy atom. The third-order valence-electron chi connectivity index (χ3n) is 2.88. The highest BCUT2D eigenvalue weighted by Crippen LogP contribution is 2.25. The lowest BCUT2D eigenvalue weighted by Gasteiger charge is -2.15. The fourth-order valence-electron chi connectivity index (χ4n) is 1.74. The molecule has 0 saturated heterocycles. The molecule has 2 aromatic rings. The van der Waals surface area contributed by atoms with Gasteiger partial charge in [0.1, 0.15) is 0 Å². The maximum Gasteiger partial charge on any atom is 0.340 e. The van der Waals surface area contributed by atoms with E-state index in [2.05, 4.69) is 20.3 Å². The third kappa shape index (κ3) is 2.61. The van der Waals surface area contributed by atoms with Gasteiger partial charge in [0.15, 0.2) is 11.6 Å². The summed E-state index contributed by atoms with van der Waals surface area (Å²) in [6, 6.07) is 2.20. The maximum absolute atomic E-state index is 13.9. The normalized spacial score (nSPS) is 12.0. The van der Waals surface area contributed by atoms with Crippen LogP contribution in [0.5, 0.6) is 0 Å². The zero-order chi connectivity index (χ0) is 14.7. The molecule has 1 heterocycles. The Hall–Kier alpha value is -2.44. The van der Waals surface area contributed by atoms with Crippen molar-refractivity contribution >= 4 is 11.7 Å². The lowest BCUT2D eigenvalue weighted by atomic mass is 10.1. The van der Waals surface area contributed by atoms with Crippen molar-refractivity contribution in [3.05, 3.63) is 47.3 Å². The first-order valence-electron chi connectivity index (χ1n) is 5.86. The van der Waals surface area contributed by atoms with Gasteiger partial charge in [-0.3, -0.25) is 5.10 Å². The van der Waals surface area contributed by atoms with Crippen LogP contribution in [-0.2, 0) is 4.74 Å². The number of nitrogens with zero attached hydrogens (tertiary/aromatic N) is 1. The van der Waals surface area contributed by atoms with E-state index < -0.39 is 23.2 Å². The van der Waals surface area contributed by atoms with E-state index in [1.54, 1.807) is 19.3 Å². The van der Waals surface area contributed by atoms with Gasteiger partial charge in [-0.2, -0.15) is 5.10 Å². The van der Waals surface area contributed by atoms with E-state index in [0.717, 1.165) is 12.7 Å². The number of nitrogens with one attached hydrogen (secondary N) is 2. The Kier molecular flexibility index (Phi) is 3.97. The van der Waals surface area contributed by atoms with Gasteiger partial charge in [-0.15, -0.1) is 0 Å². The third-order valence-corrected chi connectivity index (χ3v) is 2.88. The smallest absolute Gasteiger partial charge is 0.340 e. The van der Waals surface area contributed by atoms with Crippen molar-refractivity contribution in [2.75, 3.05) is 12.4 Å². The second-order valence-electron chi connectivity index (χ2n) is 4.18. The highest BCUT2D eigenvalue weighted by Gasteiger charge is 2.20. The van der Waals surface area contributed by atoms with Crippen molar-refractivity contribution in [2.45, 2.75) is 13.0 Å². The van der Waals surface area contributed by atoms with Crippen molar-refractivity contribution in [1.82, 2.24) is 10.2 Å². The second kappa shape index (κ2) is 5.68. The van der Waals surface area contributed by atoms with Gasteiger partial charge in [-0.1, -0.05) is 0 Å². The zero-order valence-corrected chi connectivity index (χ0v) is 10.9. The number of ether oxygens (including phenoxy) is 1. The number of anilines is 1. The van der Waals surface area contributed by atoms with Gasteiger partial charge in [0, 0.05) is 11.8 Å². The molecule has 2 N–H and O–H groups in total. The van der Waals surface area contributed by atoms with Crippen LogP contribution in [0.2, 0.25) is 0 Å². The molecule has 2 rings (SSSR count). The zero-order valence-electron chi connectivity index (χ0n) is 10.9. The summed E-state index contributed by atoms with van der Waals surface area (Å²) in [6.45, 7) is 1.77. The number of benzene rings is 1. The molecule has 0 radical (unpaired) electrons.